The van der Waals surface area contributed by atoms with Gasteiger partial charge in [-0.1, -0.05) is 76.2 Å². The van der Waals surface area contributed by atoms with Crippen molar-refractivity contribution in [2.75, 3.05) is 0 Å². The molecular formula is C26H37IrN2-. The molecule has 0 atom stereocenters. The molecule has 1 radical (unpaired) electrons. The number of hydrogen-bond acceptors (Lipinski definition) is 2. The molecule has 2 aromatic rings. The molecule has 0 aliphatic heterocycles. The van der Waals surface area contributed by atoms with Crippen LogP contribution in [0.1, 0.15) is 93.0 Å². The Hall–Kier alpha value is -1.05. The third-order valence-electron chi connectivity index (χ3n) is 8.68. The zero-order chi connectivity index (χ0) is 21.3. The van der Waals surface area contributed by atoms with E-state index in [1.165, 1.54) is 11.1 Å². The van der Waals surface area contributed by atoms with E-state index in [9.17, 15) is 0 Å². The average Bonchev–Trinajstić information content (AvgIpc) is 2.59. The Morgan fingerprint density at radius 1 is 0.759 bits per heavy atom. The third kappa shape index (κ3) is 3.33. The summed E-state index contributed by atoms with van der Waals surface area (Å²) in [5, 5.41) is 0. The standard InChI is InChI=1S/C26H37N2.Ir/c1-22(2,3)21-16-27-20(15-28-21)17-12-13-18-19(14-17)24(6,7)26(10,11)25(8,9)23(18,4)5;/h13-16H,1-11H3;/q-1;. The van der Waals surface area contributed by atoms with Gasteiger partial charge in [0.15, 0.2) is 0 Å². The van der Waals surface area contributed by atoms with Gasteiger partial charge in [-0.25, -0.2) is 0 Å². The summed E-state index contributed by atoms with van der Waals surface area (Å²) < 4.78 is 0. The summed E-state index contributed by atoms with van der Waals surface area (Å²) in [6.45, 7) is 25.7. The van der Waals surface area contributed by atoms with Crippen LogP contribution in [0.4, 0.5) is 0 Å². The van der Waals surface area contributed by atoms with Crippen LogP contribution in [0, 0.1) is 16.9 Å². The van der Waals surface area contributed by atoms with E-state index in [1.807, 2.05) is 12.4 Å². The molecule has 1 heterocycles. The van der Waals surface area contributed by atoms with Crippen LogP contribution in [-0.4, -0.2) is 9.97 Å². The Balaban J connectivity index is 0.00000300. The van der Waals surface area contributed by atoms with Gasteiger partial charge in [0.05, 0.1) is 5.69 Å². The predicted octanol–water partition coefficient (Wildman–Crippen LogP) is 6.86. The molecule has 0 N–H and O–H groups in total. The number of fused-ring (bicyclic) bond motifs is 1. The van der Waals surface area contributed by atoms with Crippen LogP contribution in [0.3, 0.4) is 0 Å². The van der Waals surface area contributed by atoms with Crippen molar-refractivity contribution in [2.24, 2.45) is 10.8 Å². The molecule has 161 valence electrons. The van der Waals surface area contributed by atoms with Gasteiger partial charge < -0.3 is 4.98 Å². The Morgan fingerprint density at radius 2 is 1.28 bits per heavy atom. The molecule has 0 fully saturated rings. The van der Waals surface area contributed by atoms with Gasteiger partial charge in [0, 0.05) is 43.6 Å². The van der Waals surface area contributed by atoms with Crippen LogP contribution in [0.25, 0.3) is 11.3 Å². The molecule has 1 aromatic carbocycles. The van der Waals surface area contributed by atoms with Gasteiger partial charge in [0.2, 0.25) is 0 Å². The van der Waals surface area contributed by atoms with Crippen molar-refractivity contribution in [3.63, 3.8) is 0 Å². The Morgan fingerprint density at radius 3 is 1.72 bits per heavy atom. The summed E-state index contributed by atoms with van der Waals surface area (Å²) in [5.41, 5.74) is 6.12. The van der Waals surface area contributed by atoms with Crippen LogP contribution in [-0.2, 0) is 36.4 Å². The van der Waals surface area contributed by atoms with Crippen LogP contribution in [0.2, 0.25) is 0 Å². The second-order valence-corrected chi connectivity index (χ2v) is 11.7. The number of nitrogens with zero attached hydrogens (tertiary/aromatic N) is 2. The van der Waals surface area contributed by atoms with Crippen molar-refractivity contribution in [1.29, 1.82) is 0 Å². The van der Waals surface area contributed by atoms with E-state index in [1.54, 1.807) is 0 Å². The van der Waals surface area contributed by atoms with Crippen LogP contribution in [0.15, 0.2) is 24.5 Å². The quantitative estimate of drug-likeness (QED) is 0.351. The van der Waals surface area contributed by atoms with E-state index in [2.05, 4.69) is 99.3 Å². The van der Waals surface area contributed by atoms with E-state index in [0.29, 0.717) is 0 Å². The van der Waals surface area contributed by atoms with Crippen molar-refractivity contribution in [3.8, 4) is 11.3 Å². The van der Waals surface area contributed by atoms with E-state index in [4.69, 9.17) is 4.98 Å². The third-order valence-corrected chi connectivity index (χ3v) is 8.68. The summed E-state index contributed by atoms with van der Waals surface area (Å²) >= 11 is 0. The maximum atomic E-state index is 4.72. The maximum absolute atomic E-state index is 4.72. The zero-order valence-electron chi connectivity index (χ0n) is 20.0. The van der Waals surface area contributed by atoms with Crippen molar-refractivity contribution >= 4 is 0 Å². The normalized spacial score (nSPS) is 21.1. The van der Waals surface area contributed by atoms with Crippen molar-refractivity contribution in [1.82, 2.24) is 9.97 Å². The smallest absolute Gasteiger partial charge is 0.0620 e. The van der Waals surface area contributed by atoms with E-state index >= 15 is 0 Å². The molecule has 3 rings (SSSR count). The fraction of sp³-hybridized carbons (Fsp3) is 0.615. The van der Waals surface area contributed by atoms with Gasteiger partial charge in [-0.05, 0) is 21.7 Å². The van der Waals surface area contributed by atoms with Gasteiger partial charge in [-0.3, -0.25) is 4.98 Å². The molecule has 29 heavy (non-hydrogen) atoms. The second-order valence-electron chi connectivity index (χ2n) is 11.7. The molecule has 1 aliphatic rings. The second kappa shape index (κ2) is 6.99. The van der Waals surface area contributed by atoms with Gasteiger partial charge in [0.1, 0.15) is 0 Å². The largest absolute Gasteiger partial charge is 0.301 e. The fourth-order valence-electron chi connectivity index (χ4n) is 4.76. The monoisotopic (exact) mass is 570 g/mol. The first-order valence-corrected chi connectivity index (χ1v) is 10.4. The molecule has 0 saturated carbocycles. The van der Waals surface area contributed by atoms with Crippen LogP contribution < -0.4 is 0 Å². The number of hydrogen-bond donors (Lipinski definition) is 0. The Labute approximate surface area is 191 Å². The van der Waals surface area contributed by atoms with Crippen LogP contribution in [0.5, 0.6) is 0 Å². The van der Waals surface area contributed by atoms with Gasteiger partial charge in [-0.15, -0.1) is 34.9 Å². The van der Waals surface area contributed by atoms with Crippen LogP contribution >= 0.6 is 0 Å². The minimum atomic E-state index is 0. The van der Waals surface area contributed by atoms with Crippen molar-refractivity contribution in [2.45, 2.75) is 92.4 Å². The Kier molecular flexibility index (Phi) is 5.84. The minimum Gasteiger partial charge on any atom is -0.301 e. The van der Waals surface area contributed by atoms with E-state index in [0.717, 1.165) is 17.0 Å². The summed E-state index contributed by atoms with van der Waals surface area (Å²) in [7, 11) is 0. The molecule has 3 heteroatoms. The summed E-state index contributed by atoms with van der Waals surface area (Å²) in [6.07, 6.45) is 3.81. The van der Waals surface area contributed by atoms with Gasteiger partial charge in [0.25, 0.3) is 0 Å². The average molecular weight is 570 g/mol. The molecule has 0 saturated heterocycles. The first kappa shape index (κ1) is 24.2. The summed E-state index contributed by atoms with van der Waals surface area (Å²) in [5.74, 6) is 0. The number of aromatic nitrogens is 2. The molecule has 2 nitrogen and oxygen atoms in total. The maximum Gasteiger partial charge on any atom is 0.0620 e. The Bertz CT molecular complexity index is 897. The summed E-state index contributed by atoms with van der Waals surface area (Å²) in [6, 6.07) is 8.05. The van der Waals surface area contributed by atoms with Crippen molar-refractivity contribution < 1.29 is 20.1 Å². The van der Waals surface area contributed by atoms with Gasteiger partial charge in [-0.2, -0.15) is 0 Å². The molecule has 0 unspecified atom stereocenters. The molecule has 0 spiro atoms. The molecular weight excluding hydrogens is 533 g/mol. The van der Waals surface area contributed by atoms with Crippen molar-refractivity contribution in [3.05, 3.63) is 47.4 Å². The fourth-order valence-corrected chi connectivity index (χ4v) is 4.76. The number of rotatable bonds is 1. The number of benzene rings is 1. The molecule has 1 aliphatic carbocycles. The SMILES string of the molecule is CC(C)(C)c1cnc(-c2[c-]cc3c(c2)C(C)(C)C(C)(C)C(C)(C)C3(C)C)cn1.[Ir]. The van der Waals surface area contributed by atoms with E-state index in [-0.39, 0.29) is 47.2 Å². The minimum absolute atomic E-state index is 0. The topological polar surface area (TPSA) is 25.8 Å². The summed E-state index contributed by atoms with van der Waals surface area (Å²) in [4.78, 5) is 9.39. The molecule has 0 amide bonds. The molecule has 1 aromatic heterocycles. The first-order chi connectivity index (χ1) is 12.5. The van der Waals surface area contributed by atoms with Gasteiger partial charge >= 0.3 is 0 Å². The molecule has 0 bridgehead atoms. The zero-order valence-corrected chi connectivity index (χ0v) is 22.4. The first-order valence-electron chi connectivity index (χ1n) is 10.4. The predicted molar refractivity (Wildman–Crippen MR) is 119 cm³/mol. The van der Waals surface area contributed by atoms with E-state index < -0.39 is 0 Å².